The van der Waals surface area contributed by atoms with E-state index in [1.165, 1.54) is 0 Å². The van der Waals surface area contributed by atoms with Crippen LogP contribution in [0, 0.1) is 0 Å². The van der Waals surface area contributed by atoms with Gasteiger partial charge >= 0.3 is 6.03 Å². The maximum Gasteiger partial charge on any atom is 0.317 e. The van der Waals surface area contributed by atoms with Crippen molar-refractivity contribution < 1.29 is 9.53 Å². The molecule has 0 saturated carbocycles. The number of urea groups is 1. The minimum atomic E-state index is -0.0398. The van der Waals surface area contributed by atoms with Gasteiger partial charge in [-0.3, -0.25) is 0 Å². The van der Waals surface area contributed by atoms with Crippen LogP contribution in [0.3, 0.4) is 0 Å². The first-order chi connectivity index (χ1) is 15.1. The molecule has 3 aromatic rings. The Morgan fingerprint density at radius 2 is 2.19 bits per heavy atom. The van der Waals surface area contributed by atoms with Crippen LogP contribution in [-0.2, 0) is 4.74 Å². The van der Waals surface area contributed by atoms with Gasteiger partial charge in [-0.1, -0.05) is 0 Å². The molecular weight excluding hydrogens is 394 g/mol. The van der Waals surface area contributed by atoms with Crippen LogP contribution in [0.15, 0.2) is 30.6 Å². The number of nitrogens with one attached hydrogen (secondary N) is 2. The molecule has 5 rings (SSSR count). The molecule has 2 amide bonds. The number of rotatable bonds is 3. The van der Waals surface area contributed by atoms with E-state index >= 15 is 0 Å². The van der Waals surface area contributed by atoms with Gasteiger partial charge in [0.25, 0.3) is 0 Å². The van der Waals surface area contributed by atoms with E-state index in [1.807, 2.05) is 23.2 Å². The van der Waals surface area contributed by atoms with E-state index < -0.39 is 0 Å². The molecule has 2 saturated heterocycles. The highest BCUT2D eigenvalue weighted by molar-refractivity contribution is 5.91. The van der Waals surface area contributed by atoms with Crippen molar-refractivity contribution >= 4 is 22.9 Å². The lowest BCUT2D eigenvalue weighted by Gasteiger charge is -2.34. The van der Waals surface area contributed by atoms with Crippen molar-refractivity contribution in [1.29, 1.82) is 0 Å². The van der Waals surface area contributed by atoms with E-state index in [4.69, 9.17) is 14.7 Å². The summed E-state index contributed by atoms with van der Waals surface area (Å²) in [6.45, 7) is 5.70. The first-order valence-corrected chi connectivity index (χ1v) is 10.8. The molecule has 2 N–H and O–H groups in total. The van der Waals surface area contributed by atoms with E-state index in [2.05, 4.69) is 33.2 Å². The molecule has 0 aliphatic carbocycles. The standard InChI is InChI=1S/C22H27N7O2/c1-14-13-31-10-9-29(14)19-11-18(15-5-8-28(12-15)22(30)23-2)26-21(27-19)17-4-7-25-20-16(17)3-6-24-20/h3-4,6-7,11,14-15H,5,8-10,12-13H2,1-2H3,(H,23,30)(H,24,25)/t14-,15?/m1/s1. The van der Waals surface area contributed by atoms with Crippen LogP contribution in [0.4, 0.5) is 10.6 Å². The zero-order valence-corrected chi connectivity index (χ0v) is 17.8. The van der Waals surface area contributed by atoms with E-state index in [0.717, 1.165) is 47.6 Å². The Labute approximate surface area is 180 Å². The number of aromatic nitrogens is 4. The number of nitrogens with zero attached hydrogens (tertiary/aromatic N) is 5. The van der Waals surface area contributed by atoms with Gasteiger partial charge in [0.15, 0.2) is 5.82 Å². The van der Waals surface area contributed by atoms with E-state index in [0.29, 0.717) is 25.6 Å². The first-order valence-electron chi connectivity index (χ1n) is 10.8. The van der Waals surface area contributed by atoms with Crippen LogP contribution in [0.5, 0.6) is 0 Å². The lowest BCUT2D eigenvalue weighted by Crippen LogP contribution is -2.44. The molecule has 0 bridgehead atoms. The number of fused-ring (bicyclic) bond motifs is 1. The predicted octanol–water partition coefficient (Wildman–Crippen LogP) is 2.37. The number of carbonyl (C=O) groups excluding carboxylic acids is 1. The predicted molar refractivity (Wildman–Crippen MR) is 118 cm³/mol. The summed E-state index contributed by atoms with van der Waals surface area (Å²) >= 11 is 0. The minimum Gasteiger partial charge on any atom is -0.377 e. The molecule has 0 aromatic carbocycles. The molecule has 2 atom stereocenters. The van der Waals surface area contributed by atoms with Crippen molar-refractivity contribution in [3.8, 4) is 11.4 Å². The van der Waals surface area contributed by atoms with Gasteiger partial charge in [-0.15, -0.1) is 0 Å². The Bertz CT molecular complexity index is 1100. The van der Waals surface area contributed by atoms with Crippen molar-refractivity contribution in [2.24, 2.45) is 0 Å². The zero-order chi connectivity index (χ0) is 21.4. The Kier molecular flexibility index (Phi) is 5.19. The largest absolute Gasteiger partial charge is 0.377 e. The number of H-pyrrole nitrogens is 1. The van der Waals surface area contributed by atoms with Crippen molar-refractivity contribution in [3.63, 3.8) is 0 Å². The smallest absolute Gasteiger partial charge is 0.317 e. The Morgan fingerprint density at radius 1 is 1.29 bits per heavy atom. The average Bonchev–Trinajstić information content (AvgIpc) is 3.48. The number of hydrogen-bond acceptors (Lipinski definition) is 6. The van der Waals surface area contributed by atoms with Crippen LogP contribution >= 0.6 is 0 Å². The van der Waals surface area contributed by atoms with Gasteiger partial charge in [-0.25, -0.2) is 19.7 Å². The summed E-state index contributed by atoms with van der Waals surface area (Å²) in [5, 5.41) is 3.72. The molecule has 2 aliphatic rings. The molecule has 0 spiro atoms. The zero-order valence-electron chi connectivity index (χ0n) is 17.8. The highest BCUT2D eigenvalue weighted by Gasteiger charge is 2.30. The second-order valence-corrected chi connectivity index (χ2v) is 8.18. The Hall–Kier alpha value is -3.20. The molecule has 31 heavy (non-hydrogen) atoms. The van der Waals surface area contributed by atoms with Crippen LogP contribution in [0.1, 0.15) is 25.0 Å². The summed E-state index contributed by atoms with van der Waals surface area (Å²) in [6.07, 6.45) is 4.55. The van der Waals surface area contributed by atoms with Crippen LogP contribution in [0.2, 0.25) is 0 Å². The van der Waals surface area contributed by atoms with Crippen LogP contribution in [0.25, 0.3) is 22.4 Å². The molecule has 3 aromatic heterocycles. The SMILES string of the molecule is CNC(=O)N1CCC(c2cc(N3CCOC[C@H]3C)nc(-c3ccnc4[nH]ccc34)n2)C1. The minimum absolute atomic E-state index is 0.0398. The number of likely N-dealkylation sites (tertiary alicyclic amines) is 1. The summed E-state index contributed by atoms with van der Waals surface area (Å²) in [5.41, 5.74) is 2.75. The van der Waals surface area contributed by atoms with Gasteiger partial charge in [0, 0.05) is 62.0 Å². The monoisotopic (exact) mass is 421 g/mol. The lowest BCUT2D eigenvalue weighted by molar-refractivity contribution is 0.0985. The van der Waals surface area contributed by atoms with Crippen LogP contribution < -0.4 is 10.2 Å². The van der Waals surface area contributed by atoms with Crippen LogP contribution in [-0.4, -0.2) is 76.8 Å². The number of amides is 2. The molecule has 0 radical (unpaired) electrons. The molecule has 9 heteroatoms. The molecule has 1 unspecified atom stereocenters. The number of hydrogen-bond donors (Lipinski definition) is 2. The number of ether oxygens (including phenoxy) is 1. The summed E-state index contributed by atoms with van der Waals surface area (Å²) < 4.78 is 5.63. The number of aromatic amines is 1. The number of pyridine rings is 1. The topological polar surface area (TPSA) is 99.3 Å². The van der Waals surface area contributed by atoms with E-state index in [9.17, 15) is 4.79 Å². The second-order valence-electron chi connectivity index (χ2n) is 8.18. The summed E-state index contributed by atoms with van der Waals surface area (Å²) in [4.78, 5) is 33.8. The first kappa shape index (κ1) is 19.7. The Balaban J connectivity index is 1.58. The fourth-order valence-corrected chi connectivity index (χ4v) is 4.50. The molecular formula is C22H27N7O2. The third kappa shape index (κ3) is 3.69. The molecule has 2 aliphatic heterocycles. The van der Waals surface area contributed by atoms with Gasteiger partial charge < -0.3 is 24.8 Å². The average molecular weight is 422 g/mol. The lowest BCUT2D eigenvalue weighted by atomic mass is 10.0. The van der Waals surface area contributed by atoms with Crippen molar-refractivity contribution in [3.05, 3.63) is 36.3 Å². The van der Waals surface area contributed by atoms with Crippen molar-refractivity contribution in [2.45, 2.75) is 25.3 Å². The molecule has 162 valence electrons. The number of anilines is 1. The number of morpholine rings is 1. The van der Waals surface area contributed by atoms with Gasteiger partial charge in [0.2, 0.25) is 0 Å². The highest BCUT2D eigenvalue weighted by Crippen LogP contribution is 2.32. The highest BCUT2D eigenvalue weighted by atomic mass is 16.5. The van der Waals surface area contributed by atoms with E-state index in [1.54, 1.807) is 13.2 Å². The molecule has 5 heterocycles. The fraction of sp³-hybridized carbons (Fsp3) is 0.455. The maximum atomic E-state index is 12.1. The van der Waals surface area contributed by atoms with E-state index in [-0.39, 0.29) is 18.0 Å². The quantitative estimate of drug-likeness (QED) is 0.674. The van der Waals surface area contributed by atoms with Gasteiger partial charge in [0.05, 0.1) is 24.9 Å². The Morgan fingerprint density at radius 3 is 3.03 bits per heavy atom. The van der Waals surface area contributed by atoms with Crippen molar-refractivity contribution in [1.82, 2.24) is 30.2 Å². The van der Waals surface area contributed by atoms with Crippen molar-refractivity contribution in [2.75, 3.05) is 44.8 Å². The summed E-state index contributed by atoms with van der Waals surface area (Å²) in [7, 11) is 1.67. The summed E-state index contributed by atoms with van der Waals surface area (Å²) in [5.74, 6) is 1.78. The molecule has 2 fully saturated rings. The third-order valence-corrected chi connectivity index (χ3v) is 6.20. The second kappa shape index (κ2) is 8.14. The van der Waals surface area contributed by atoms with Gasteiger partial charge in [0.1, 0.15) is 11.5 Å². The fourth-order valence-electron chi connectivity index (χ4n) is 4.50. The number of carbonyl (C=O) groups is 1. The molecule has 9 nitrogen and oxygen atoms in total. The normalized spacial score (nSPS) is 21.6. The van der Waals surface area contributed by atoms with Gasteiger partial charge in [-0.2, -0.15) is 0 Å². The maximum absolute atomic E-state index is 12.1. The summed E-state index contributed by atoms with van der Waals surface area (Å²) in [6, 6.07) is 6.27. The van der Waals surface area contributed by atoms with Gasteiger partial charge in [-0.05, 0) is 25.5 Å². The third-order valence-electron chi connectivity index (χ3n) is 6.20.